The highest BCUT2D eigenvalue weighted by Crippen LogP contribution is 2.35. The molecule has 200 valence electrons. The normalized spacial score (nSPS) is 17.7. The molecule has 0 saturated heterocycles. The number of hydrogen-bond donors (Lipinski definition) is 0. The molecule has 35 heavy (non-hydrogen) atoms. The van der Waals surface area contributed by atoms with Gasteiger partial charge in [-0.25, -0.2) is 0 Å². The van der Waals surface area contributed by atoms with Gasteiger partial charge in [0.2, 0.25) is 0 Å². The van der Waals surface area contributed by atoms with Gasteiger partial charge >= 0.3 is 0 Å². The first-order valence-corrected chi connectivity index (χ1v) is 15.0. The molecular weight excluding hydrogens is 420 g/mol. The quantitative estimate of drug-likeness (QED) is 0.173. The summed E-state index contributed by atoms with van der Waals surface area (Å²) in [5.41, 5.74) is 4.05. The molecule has 6 unspecified atom stereocenters. The van der Waals surface area contributed by atoms with Gasteiger partial charge in [0, 0.05) is 5.41 Å². The van der Waals surface area contributed by atoms with Crippen molar-refractivity contribution in [1.82, 2.24) is 0 Å². The van der Waals surface area contributed by atoms with Crippen LogP contribution in [0.4, 0.5) is 0 Å². The molecular formula is C35H60. The van der Waals surface area contributed by atoms with Crippen molar-refractivity contribution in [2.24, 2.45) is 29.6 Å². The first-order chi connectivity index (χ1) is 16.6. The molecule has 0 aromatic heterocycles. The van der Waals surface area contributed by atoms with Crippen molar-refractivity contribution >= 4 is 5.57 Å². The third-order valence-electron chi connectivity index (χ3n) is 8.58. The zero-order valence-electron chi connectivity index (χ0n) is 25.0. The summed E-state index contributed by atoms with van der Waals surface area (Å²) in [4.78, 5) is 0. The summed E-state index contributed by atoms with van der Waals surface area (Å²) in [6.07, 6.45) is 16.3. The van der Waals surface area contributed by atoms with E-state index in [0.29, 0.717) is 0 Å². The van der Waals surface area contributed by atoms with Crippen molar-refractivity contribution in [2.75, 3.05) is 0 Å². The molecule has 0 aliphatic rings. The summed E-state index contributed by atoms with van der Waals surface area (Å²) in [5.74, 6) is 4.00. The van der Waals surface area contributed by atoms with Gasteiger partial charge < -0.3 is 0 Å². The highest BCUT2D eigenvalue weighted by molar-refractivity contribution is 5.64. The second kappa shape index (κ2) is 16.4. The summed E-state index contributed by atoms with van der Waals surface area (Å²) in [5, 5.41) is 0. The van der Waals surface area contributed by atoms with Gasteiger partial charge in [0.05, 0.1) is 0 Å². The Morgan fingerprint density at radius 3 is 1.80 bits per heavy atom. The average molecular weight is 481 g/mol. The van der Waals surface area contributed by atoms with Crippen molar-refractivity contribution in [1.29, 1.82) is 0 Å². The molecule has 1 aromatic rings. The summed E-state index contributed by atoms with van der Waals surface area (Å²) in [7, 11) is 0. The molecule has 0 fully saturated rings. The van der Waals surface area contributed by atoms with E-state index in [0.717, 1.165) is 36.0 Å². The van der Waals surface area contributed by atoms with E-state index in [1.54, 1.807) is 0 Å². The highest BCUT2D eigenvalue weighted by atomic mass is 14.3. The average Bonchev–Trinajstić information content (AvgIpc) is 2.82. The smallest absolute Gasteiger partial charge is 0.0101 e. The Bertz CT molecular complexity index is 710. The molecule has 0 heterocycles. The van der Waals surface area contributed by atoms with E-state index in [1.807, 2.05) is 0 Å². The van der Waals surface area contributed by atoms with E-state index in [1.165, 1.54) is 80.9 Å². The molecule has 0 saturated carbocycles. The van der Waals surface area contributed by atoms with Crippen LogP contribution in [-0.2, 0) is 5.41 Å². The molecule has 6 atom stereocenters. The summed E-state index contributed by atoms with van der Waals surface area (Å²) >= 11 is 0. The molecule has 0 radical (unpaired) electrons. The van der Waals surface area contributed by atoms with Crippen LogP contribution in [0.5, 0.6) is 0 Å². The lowest BCUT2D eigenvalue weighted by molar-refractivity contribution is 0.319. The zero-order valence-corrected chi connectivity index (χ0v) is 25.0. The Hall–Kier alpha value is -1.30. The number of rotatable bonds is 19. The van der Waals surface area contributed by atoms with Crippen LogP contribution in [0.25, 0.3) is 5.57 Å². The largest absolute Gasteiger partial charge is 0.102 e. The molecule has 0 bridgehead atoms. The maximum atomic E-state index is 4.50. The standard InChI is InChI=1S/C35H60/c1-11-15-27(5)23-29(7)21-22-35(10,14-4)34-19-17-33(18-20-34)31(9)26-32(13-3)25-30(8)24-28(6)16-12-2/h14,17-20,27-30,32H,4,9,11-13,15-16,21-26H2,1-3,5-8,10H3. The fourth-order valence-corrected chi connectivity index (χ4v) is 6.24. The molecule has 0 spiro atoms. The third-order valence-corrected chi connectivity index (χ3v) is 8.58. The Kier molecular flexibility index (Phi) is 14.9. The first kappa shape index (κ1) is 31.7. The van der Waals surface area contributed by atoms with Gasteiger partial charge in [-0.05, 0) is 84.8 Å². The van der Waals surface area contributed by atoms with E-state index in [-0.39, 0.29) is 5.41 Å². The molecule has 0 aliphatic carbocycles. The molecule has 0 N–H and O–H groups in total. The fraction of sp³-hybridized carbons (Fsp3) is 0.714. The van der Waals surface area contributed by atoms with E-state index in [2.05, 4.69) is 98.9 Å². The minimum atomic E-state index is 0.0404. The SMILES string of the molecule is C=CC(C)(CCC(C)CC(C)CCC)c1ccc(C(=C)CC(CC)CC(C)CC(C)CCC)cc1. The minimum Gasteiger partial charge on any atom is -0.102 e. The third kappa shape index (κ3) is 11.5. The monoisotopic (exact) mass is 480 g/mol. The summed E-state index contributed by atoms with van der Waals surface area (Å²) in [6, 6.07) is 9.29. The maximum absolute atomic E-state index is 4.50. The second-order valence-corrected chi connectivity index (χ2v) is 12.5. The van der Waals surface area contributed by atoms with Gasteiger partial charge in [0.25, 0.3) is 0 Å². The lowest BCUT2D eigenvalue weighted by Gasteiger charge is -2.29. The molecule has 1 aromatic carbocycles. The molecule has 0 aliphatic heterocycles. The Labute approximate surface area is 221 Å². The van der Waals surface area contributed by atoms with Crippen molar-refractivity contribution in [3.05, 3.63) is 54.6 Å². The molecule has 0 amide bonds. The molecule has 1 rings (SSSR count). The first-order valence-electron chi connectivity index (χ1n) is 15.0. The van der Waals surface area contributed by atoms with Crippen LogP contribution in [0.1, 0.15) is 137 Å². The molecule has 0 heteroatoms. The van der Waals surface area contributed by atoms with Gasteiger partial charge in [-0.2, -0.15) is 0 Å². The van der Waals surface area contributed by atoms with Crippen LogP contribution in [0, 0.1) is 29.6 Å². The van der Waals surface area contributed by atoms with Crippen LogP contribution in [0.15, 0.2) is 43.5 Å². The maximum Gasteiger partial charge on any atom is 0.0101 e. The van der Waals surface area contributed by atoms with E-state index < -0.39 is 0 Å². The number of allylic oxidation sites excluding steroid dienone is 2. The van der Waals surface area contributed by atoms with Crippen LogP contribution in [-0.4, -0.2) is 0 Å². The van der Waals surface area contributed by atoms with Gasteiger partial charge in [0.15, 0.2) is 0 Å². The Balaban J connectivity index is 2.71. The summed E-state index contributed by atoms with van der Waals surface area (Å²) < 4.78 is 0. The van der Waals surface area contributed by atoms with Crippen LogP contribution in [0.2, 0.25) is 0 Å². The van der Waals surface area contributed by atoms with E-state index in [4.69, 9.17) is 0 Å². The molecule has 0 nitrogen and oxygen atoms in total. The lowest BCUT2D eigenvalue weighted by Crippen LogP contribution is -2.20. The predicted octanol–water partition coefficient (Wildman–Crippen LogP) is 11.7. The van der Waals surface area contributed by atoms with Gasteiger partial charge in [-0.15, -0.1) is 6.58 Å². The van der Waals surface area contributed by atoms with Crippen molar-refractivity contribution in [3.63, 3.8) is 0 Å². The van der Waals surface area contributed by atoms with Crippen LogP contribution in [0.3, 0.4) is 0 Å². The van der Waals surface area contributed by atoms with E-state index >= 15 is 0 Å². The zero-order chi connectivity index (χ0) is 26.4. The topological polar surface area (TPSA) is 0 Å². The van der Waals surface area contributed by atoms with Crippen molar-refractivity contribution in [2.45, 2.75) is 131 Å². The number of hydrogen-bond acceptors (Lipinski definition) is 0. The van der Waals surface area contributed by atoms with Crippen molar-refractivity contribution in [3.8, 4) is 0 Å². The van der Waals surface area contributed by atoms with Crippen LogP contribution >= 0.6 is 0 Å². The minimum absolute atomic E-state index is 0.0404. The second-order valence-electron chi connectivity index (χ2n) is 12.5. The van der Waals surface area contributed by atoms with Gasteiger partial charge in [0.1, 0.15) is 0 Å². The number of benzene rings is 1. The van der Waals surface area contributed by atoms with E-state index in [9.17, 15) is 0 Å². The van der Waals surface area contributed by atoms with Gasteiger partial charge in [-0.3, -0.25) is 0 Å². The Morgan fingerprint density at radius 1 is 0.800 bits per heavy atom. The fourth-order valence-electron chi connectivity index (χ4n) is 6.24. The summed E-state index contributed by atoms with van der Waals surface area (Å²) in [6.45, 7) is 27.8. The van der Waals surface area contributed by atoms with Crippen LogP contribution < -0.4 is 0 Å². The Morgan fingerprint density at radius 2 is 1.31 bits per heavy atom. The highest BCUT2D eigenvalue weighted by Gasteiger charge is 2.24. The van der Waals surface area contributed by atoms with Gasteiger partial charge in [-0.1, -0.05) is 124 Å². The predicted molar refractivity (Wildman–Crippen MR) is 161 cm³/mol. The lowest BCUT2D eigenvalue weighted by atomic mass is 9.76. The van der Waals surface area contributed by atoms with Crippen molar-refractivity contribution < 1.29 is 0 Å².